The minimum Gasteiger partial charge on any atom is -0.502 e. The van der Waals surface area contributed by atoms with Gasteiger partial charge in [-0.15, -0.1) is 0 Å². The van der Waals surface area contributed by atoms with Gasteiger partial charge in [0.25, 0.3) is 0 Å². The Morgan fingerprint density at radius 3 is 3.00 bits per heavy atom. The van der Waals surface area contributed by atoms with Crippen LogP contribution in [0.5, 0.6) is 0 Å². The van der Waals surface area contributed by atoms with Gasteiger partial charge in [-0.3, -0.25) is 0 Å². The van der Waals surface area contributed by atoms with E-state index in [0.717, 1.165) is 6.42 Å². The SMILES string of the molecule is C=COCCCNC(=O)OCC. The van der Waals surface area contributed by atoms with Crippen LogP contribution in [0.3, 0.4) is 0 Å². The summed E-state index contributed by atoms with van der Waals surface area (Å²) in [6.07, 6.45) is 1.76. The first-order valence-electron chi connectivity index (χ1n) is 3.94. The number of ether oxygens (including phenoxy) is 2. The van der Waals surface area contributed by atoms with Crippen LogP contribution in [0.4, 0.5) is 4.79 Å². The smallest absolute Gasteiger partial charge is 0.407 e. The van der Waals surface area contributed by atoms with Crippen LogP contribution >= 0.6 is 0 Å². The lowest BCUT2D eigenvalue weighted by atomic mass is 10.4. The largest absolute Gasteiger partial charge is 0.502 e. The van der Waals surface area contributed by atoms with Gasteiger partial charge < -0.3 is 14.8 Å². The van der Waals surface area contributed by atoms with Crippen molar-refractivity contribution in [1.29, 1.82) is 0 Å². The molecule has 70 valence electrons. The number of hydrogen-bond acceptors (Lipinski definition) is 3. The zero-order chi connectivity index (χ0) is 9.23. The predicted molar refractivity (Wildman–Crippen MR) is 45.8 cm³/mol. The third-order valence-corrected chi connectivity index (χ3v) is 1.10. The van der Waals surface area contributed by atoms with Crippen molar-refractivity contribution in [2.45, 2.75) is 13.3 Å². The lowest BCUT2D eigenvalue weighted by Crippen LogP contribution is -2.25. The molecule has 0 unspecified atom stereocenters. The van der Waals surface area contributed by atoms with Crippen molar-refractivity contribution in [2.24, 2.45) is 0 Å². The van der Waals surface area contributed by atoms with E-state index < -0.39 is 0 Å². The quantitative estimate of drug-likeness (QED) is 0.486. The van der Waals surface area contributed by atoms with Crippen molar-refractivity contribution in [3.63, 3.8) is 0 Å². The molecule has 0 aromatic heterocycles. The third kappa shape index (κ3) is 6.92. The highest BCUT2D eigenvalue weighted by Crippen LogP contribution is 1.82. The summed E-state index contributed by atoms with van der Waals surface area (Å²) in [5.74, 6) is 0. The second-order valence-electron chi connectivity index (χ2n) is 2.04. The summed E-state index contributed by atoms with van der Waals surface area (Å²) in [5, 5.41) is 2.57. The topological polar surface area (TPSA) is 47.6 Å². The van der Waals surface area contributed by atoms with Gasteiger partial charge in [-0.2, -0.15) is 0 Å². The Bertz CT molecular complexity index is 136. The molecule has 4 nitrogen and oxygen atoms in total. The fraction of sp³-hybridized carbons (Fsp3) is 0.625. The highest BCUT2D eigenvalue weighted by atomic mass is 16.5. The number of amides is 1. The van der Waals surface area contributed by atoms with Crippen LogP contribution in [-0.4, -0.2) is 25.9 Å². The highest BCUT2D eigenvalue weighted by molar-refractivity contribution is 5.66. The Morgan fingerprint density at radius 2 is 2.42 bits per heavy atom. The zero-order valence-electron chi connectivity index (χ0n) is 7.34. The minimum atomic E-state index is -0.379. The minimum absolute atomic E-state index is 0.379. The van der Waals surface area contributed by atoms with Gasteiger partial charge in [0.2, 0.25) is 0 Å². The monoisotopic (exact) mass is 173 g/mol. The summed E-state index contributed by atoms with van der Waals surface area (Å²) in [7, 11) is 0. The van der Waals surface area contributed by atoms with E-state index in [9.17, 15) is 4.79 Å². The van der Waals surface area contributed by atoms with Gasteiger partial charge in [-0.05, 0) is 13.3 Å². The van der Waals surface area contributed by atoms with Gasteiger partial charge in [-0.25, -0.2) is 4.79 Å². The Kier molecular flexibility index (Phi) is 7.13. The normalized spacial score (nSPS) is 8.75. The molecule has 0 fully saturated rings. The van der Waals surface area contributed by atoms with Crippen molar-refractivity contribution < 1.29 is 14.3 Å². The number of nitrogens with one attached hydrogen (secondary N) is 1. The van der Waals surface area contributed by atoms with Gasteiger partial charge in [0.1, 0.15) is 0 Å². The summed E-state index contributed by atoms with van der Waals surface area (Å²) in [6.45, 7) is 6.68. The molecular weight excluding hydrogens is 158 g/mol. The molecule has 0 spiro atoms. The molecule has 0 bridgehead atoms. The molecule has 0 aromatic rings. The van der Waals surface area contributed by atoms with Crippen molar-refractivity contribution in [3.8, 4) is 0 Å². The van der Waals surface area contributed by atoms with Gasteiger partial charge in [0.15, 0.2) is 0 Å². The second-order valence-corrected chi connectivity index (χ2v) is 2.04. The van der Waals surface area contributed by atoms with E-state index in [0.29, 0.717) is 19.8 Å². The molecule has 0 heterocycles. The molecule has 0 atom stereocenters. The summed E-state index contributed by atoms with van der Waals surface area (Å²) >= 11 is 0. The van der Waals surface area contributed by atoms with E-state index in [1.165, 1.54) is 6.26 Å². The first-order valence-corrected chi connectivity index (χ1v) is 3.94. The van der Waals surface area contributed by atoms with Crippen molar-refractivity contribution in [3.05, 3.63) is 12.8 Å². The second kappa shape index (κ2) is 7.91. The Balaban J connectivity index is 3.08. The van der Waals surface area contributed by atoms with Gasteiger partial charge in [0.05, 0.1) is 19.5 Å². The number of hydrogen-bond donors (Lipinski definition) is 1. The van der Waals surface area contributed by atoms with E-state index >= 15 is 0 Å². The maximum atomic E-state index is 10.7. The standard InChI is InChI=1S/C8H15NO3/c1-3-11-7-5-6-9-8(10)12-4-2/h3H,1,4-7H2,2H3,(H,9,10). The molecule has 0 aliphatic heterocycles. The van der Waals surface area contributed by atoms with Crippen LogP contribution in [0.25, 0.3) is 0 Å². The Morgan fingerprint density at radius 1 is 1.67 bits per heavy atom. The predicted octanol–water partition coefficient (Wildman–Crippen LogP) is 1.28. The first kappa shape index (κ1) is 10.8. The van der Waals surface area contributed by atoms with E-state index in [1.54, 1.807) is 6.92 Å². The van der Waals surface area contributed by atoms with Crippen LogP contribution in [0, 0.1) is 0 Å². The van der Waals surface area contributed by atoms with Gasteiger partial charge >= 0.3 is 6.09 Å². The summed E-state index contributed by atoms with van der Waals surface area (Å²) in [5.41, 5.74) is 0. The average Bonchev–Trinajstić information content (AvgIpc) is 2.05. The van der Waals surface area contributed by atoms with E-state index in [4.69, 9.17) is 4.74 Å². The molecule has 0 aliphatic rings. The molecule has 4 heteroatoms. The van der Waals surface area contributed by atoms with E-state index in [1.807, 2.05) is 0 Å². The van der Waals surface area contributed by atoms with Crippen molar-refractivity contribution in [2.75, 3.05) is 19.8 Å². The fourth-order valence-corrected chi connectivity index (χ4v) is 0.611. The van der Waals surface area contributed by atoms with Crippen LogP contribution in [0.2, 0.25) is 0 Å². The van der Waals surface area contributed by atoms with Crippen LogP contribution in [0.15, 0.2) is 12.8 Å². The zero-order valence-corrected chi connectivity index (χ0v) is 7.34. The fourth-order valence-electron chi connectivity index (χ4n) is 0.611. The summed E-state index contributed by atoms with van der Waals surface area (Å²) in [6, 6.07) is 0. The molecule has 0 aromatic carbocycles. The third-order valence-electron chi connectivity index (χ3n) is 1.10. The first-order chi connectivity index (χ1) is 5.81. The summed E-state index contributed by atoms with van der Waals surface area (Å²) < 4.78 is 9.48. The molecule has 1 amide bonds. The van der Waals surface area contributed by atoms with Crippen molar-refractivity contribution >= 4 is 6.09 Å². The molecule has 0 radical (unpaired) electrons. The summed E-state index contributed by atoms with van der Waals surface area (Å²) in [4.78, 5) is 10.7. The maximum Gasteiger partial charge on any atom is 0.407 e. The molecule has 0 saturated heterocycles. The Labute approximate surface area is 72.5 Å². The van der Waals surface area contributed by atoms with Crippen LogP contribution in [-0.2, 0) is 9.47 Å². The molecule has 0 rings (SSSR count). The molecular formula is C8H15NO3. The van der Waals surface area contributed by atoms with E-state index in [2.05, 4.69) is 16.6 Å². The lowest BCUT2D eigenvalue weighted by molar-refractivity contribution is 0.151. The number of alkyl carbamates (subject to hydrolysis) is 1. The van der Waals surface area contributed by atoms with Crippen LogP contribution < -0.4 is 5.32 Å². The van der Waals surface area contributed by atoms with Crippen LogP contribution in [0.1, 0.15) is 13.3 Å². The number of rotatable bonds is 6. The van der Waals surface area contributed by atoms with Gasteiger partial charge in [0, 0.05) is 6.54 Å². The highest BCUT2D eigenvalue weighted by Gasteiger charge is 1.96. The Hall–Kier alpha value is -1.19. The molecule has 0 saturated carbocycles. The molecule has 0 aliphatic carbocycles. The number of carbonyl (C=O) groups is 1. The van der Waals surface area contributed by atoms with E-state index in [-0.39, 0.29) is 6.09 Å². The van der Waals surface area contributed by atoms with Gasteiger partial charge in [-0.1, -0.05) is 6.58 Å². The average molecular weight is 173 g/mol. The van der Waals surface area contributed by atoms with Crippen molar-refractivity contribution in [1.82, 2.24) is 5.32 Å². The molecule has 1 N–H and O–H groups in total. The maximum absolute atomic E-state index is 10.7. The number of carbonyl (C=O) groups excluding carboxylic acids is 1. The molecule has 12 heavy (non-hydrogen) atoms. The lowest BCUT2D eigenvalue weighted by Gasteiger charge is -2.04.